The number of thiophene rings is 1. The molecule has 0 unspecified atom stereocenters. The van der Waals surface area contributed by atoms with E-state index in [0.29, 0.717) is 5.56 Å². The van der Waals surface area contributed by atoms with Crippen LogP contribution in [0.4, 0.5) is 0 Å². The summed E-state index contributed by atoms with van der Waals surface area (Å²) >= 11 is 1.38. The second-order valence-electron chi connectivity index (χ2n) is 4.73. The lowest BCUT2D eigenvalue weighted by atomic mass is 10.1. The van der Waals surface area contributed by atoms with Crippen molar-refractivity contribution in [2.45, 2.75) is 0 Å². The molecule has 2 aromatic carbocycles. The minimum Gasteiger partial charge on any atom is -0.504 e. The second-order valence-corrected chi connectivity index (χ2v) is 5.81. The molecule has 0 aliphatic rings. The van der Waals surface area contributed by atoms with Gasteiger partial charge in [-0.1, -0.05) is 0 Å². The molecule has 0 aliphatic carbocycles. The van der Waals surface area contributed by atoms with Crippen LogP contribution in [-0.4, -0.2) is 25.5 Å². The Labute approximate surface area is 129 Å². The van der Waals surface area contributed by atoms with Crippen molar-refractivity contribution in [1.29, 1.82) is 0 Å². The van der Waals surface area contributed by atoms with E-state index in [0.717, 1.165) is 15.3 Å². The van der Waals surface area contributed by atoms with Gasteiger partial charge in [-0.3, -0.25) is 0 Å². The summed E-state index contributed by atoms with van der Waals surface area (Å²) < 4.78 is 0. The molecule has 0 aliphatic heterocycles. The van der Waals surface area contributed by atoms with Crippen molar-refractivity contribution in [2.24, 2.45) is 0 Å². The molecule has 5 nitrogen and oxygen atoms in total. The molecule has 0 atom stereocenters. The molecule has 0 saturated carbocycles. The standard InChI is InChI=1S/C16H12O5S/c17-10-2-1-8(5-11(10)18)14-3-4-15(22-14)9-6-12(19)16(21)13(20)7-9/h1-7,17-21H. The molecule has 1 aromatic heterocycles. The van der Waals surface area contributed by atoms with Crippen LogP contribution < -0.4 is 0 Å². The fourth-order valence-corrected chi connectivity index (χ4v) is 3.06. The summed E-state index contributed by atoms with van der Waals surface area (Å²) in [6.07, 6.45) is 0. The second kappa shape index (κ2) is 5.16. The predicted octanol–water partition coefficient (Wildman–Crippen LogP) is 3.61. The van der Waals surface area contributed by atoms with E-state index in [4.69, 9.17) is 0 Å². The highest BCUT2D eigenvalue weighted by atomic mass is 32.1. The summed E-state index contributed by atoms with van der Waals surface area (Å²) in [6.45, 7) is 0. The molecule has 0 saturated heterocycles. The predicted molar refractivity (Wildman–Crippen MR) is 83.5 cm³/mol. The highest BCUT2D eigenvalue weighted by Gasteiger charge is 2.12. The number of phenolic OH excluding ortho intramolecular Hbond substituents is 5. The van der Waals surface area contributed by atoms with E-state index in [1.807, 2.05) is 6.07 Å². The number of phenols is 5. The first-order valence-corrected chi connectivity index (χ1v) is 7.15. The Hall–Kier alpha value is -2.86. The lowest BCUT2D eigenvalue weighted by Crippen LogP contribution is -1.75. The monoisotopic (exact) mass is 316 g/mol. The fraction of sp³-hybridized carbons (Fsp3) is 0. The molecular weight excluding hydrogens is 304 g/mol. The molecule has 5 N–H and O–H groups in total. The molecule has 0 radical (unpaired) electrons. The minimum atomic E-state index is -0.552. The van der Waals surface area contributed by atoms with Crippen molar-refractivity contribution in [2.75, 3.05) is 0 Å². The maximum Gasteiger partial charge on any atom is 0.200 e. The van der Waals surface area contributed by atoms with E-state index < -0.39 is 17.2 Å². The van der Waals surface area contributed by atoms with Gasteiger partial charge in [0.15, 0.2) is 28.7 Å². The van der Waals surface area contributed by atoms with Crippen LogP contribution in [-0.2, 0) is 0 Å². The van der Waals surface area contributed by atoms with E-state index in [2.05, 4.69) is 0 Å². The molecule has 1 heterocycles. The Kier molecular flexibility index (Phi) is 3.30. The quantitative estimate of drug-likeness (QED) is 0.465. The van der Waals surface area contributed by atoms with Gasteiger partial charge in [0.1, 0.15) is 0 Å². The van der Waals surface area contributed by atoms with Crippen LogP contribution in [0.3, 0.4) is 0 Å². The number of rotatable bonds is 2. The summed E-state index contributed by atoms with van der Waals surface area (Å²) in [6, 6.07) is 10.9. The van der Waals surface area contributed by atoms with Crippen molar-refractivity contribution < 1.29 is 25.5 Å². The third-order valence-corrected chi connectivity index (χ3v) is 4.40. The SMILES string of the molecule is Oc1ccc(-c2ccc(-c3cc(O)c(O)c(O)c3)s2)cc1O. The largest absolute Gasteiger partial charge is 0.504 e. The van der Waals surface area contributed by atoms with Gasteiger partial charge in [0.05, 0.1) is 0 Å². The van der Waals surface area contributed by atoms with Crippen LogP contribution in [0.25, 0.3) is 20.9 Å². The van der Waals surface area contributed by atoms with Crippen molar-refractivity contribution >= 4 is 11.3 Å². The van der Waals surface area contributed by atoms with Gasteiger partial charge in [-0.25, -0.2) is 0 Å². The van der Waals surface area contributed by atoms with Gasteiger partial charge in [0.2, 0.25) is 0 Å². The van der Waals surface area contributed by atoms with Crippen LogP contribution in [0.15, 0.2) is 42.5 Å². The molecule has 0 bridgehead atoms. The van der Waals surface area contributed by atoms with Gasteiger partial charge < -0.3 is 25.5 Å². The first-order valence-electron chi connectivity index (χ1n) is 6.33. The third kappa shape index (κ3) is 2.40. The van der Waals surface area contributed by atoms with Crippen LogP contribution in [0.2, 0.25) is 0 Å². The zero-order valence-corrected chi connectivity index (χ0v) is 12.0. The molecule has 3 aromatic rings. The maximum absolute atomic E-state index is 9.57. The van der Waals surface area contributed by atoms with Gasteiger partial charge in [0.25, 0.3) is 0 Å². The van der Waals surface area contributed by atoms with Crippen LogP contribution in [0, 0.1) is 0 Å². The Bertz CT molecular complexity index is 830. The topological polar surface area (TPSA) is 101 Å². The van der Waals surface area contributed by atoms with Crippen LogP contribution in [0.5, 0.6) is 28.7 Å². The Morgan fingerprint density at radius 3 is 1.68 bits per heavy atom. The minimum absolute atomic E-state index is 0.186. The molecule has 6 heteroatoms. The highest BCUT2D eigenvalue weighted by Crippen LogP contribution is 2.42. The van der Waals surface area contributed by atoms with Gasteiger partial charge in [-0.05, 0) is 53.6 Å². The van der Waals surface area contributed by atoms with Crippen molar-refractivity contribution in [3.8, 4) is 49.6 Å². The van der Waals surface area contributed by atoms with Gasteiger partial charge in [0, 0.05) is 9.75 Å². The Morgan fingerprint density at radius 2 is 1.09 bits per heavy atom. The van der Waals surface area contributed by atoms with Crippen molar-refractivity contribution in [1.82, 2.24) is 0 Å². The zero-order chi connectivity index (χ0) is 15.9. The molecule has 0 spiro atoms. The number of hydrogen-bond acceptors (Lipinski definition) is 6. The molecule has 112 valence electrons. The van der Waals surface area contributed by atoms with Crippen LogP contribution in [0.1, 0.15) is 0 Å². The normalized spacial score (nSPS) is 10.7. The Morgan fingerprint density at radius 1 is 0.545 bits per heavy atom. The van der Waals surface area contributed by atoms with E-state index in [9.17, 15) is 25.5 Å². The van der Waals surface area contributed by atoms with Crippen molar-refractivity contribution in [3.63, 3.8) is 0 Å². The van der Waals surface area contributed by atoms with E-state index in [1.165, 1.54) is 35.6 Å². The lowest BCUT2D eigenvalue weighted by molar-refractivity contribution is 0.368. The molecule has 22 heavy (non-hydrogen) atoms. The van der Waals surface area contributed by atoms with E-state index >= 15 is 0 Å². The first-order chi connectivity index (χ1) is 10.5. The lowest BCUT2D eigenvalue weighted by Gasteiger charge is -2.04. The van der Waals surface area contributed by atoms with E-state index in [1.54, 1.807) is 12.1 Å². The number of hydrogen-bond donors (Lipinski definition) is 5. The van der Waals surface area contributed by atoms with Crippen molar-refractivity contribution in [3.05, 3.63) is 42.5 Å². The van der Waals surface area contributed by atoms with E-state index in [-0.39, 0.29) is 11.5 Å². The van der Waals surface area contributed by atoms with Crippen LogP contribution >= 0.6 is 11.3 Å². The summed E-state index contributed by atoms with van der Waals surface area (Å²) in [7, 11) is 0. The fourth-order valence-electron chi connectivity index (χ4n) is 2.07. The smallest absolute Gasteiger partial charge is 0.200 e. The maximum atomic E-state index is 9.57. The number of benzene rings is 2. The first kappa shape index (κ1) is 14.1. The summed E-state index contributed by atoms with van der Waals surface area (Å²) in [5, 5.41) is 47.4. The molecular formula is C16H12O5S. The van der Waals surface area contributed by atoms with Gasteiger partial charge >= 0.3 is 0 Å². The molecule has 3 rings (SSSR count). The summed E-state index contributed by atoms with van der Waals surface area (Å²) in [5.41, 5.74) is 1.30. The summed E-state index contributed by atoms with van der Waals surface area (Å²) in [4.78, 5) is 1.62. The van der Waals surface area contributed by atoms with Gasteiger partial charge in [-0.15, -0.1) is 11.3 Å². The zero-order valence-electron chi connectivity index (χ0n) is 11.2. The number of aromatic hydroxyl groups is 5. The summed E-state index contributed by atoms with van der Waals surface area (Å²) in [5.74, 6) is -1.73. The average Bonchev–Trinajstić information content (AvgIpc) is 2.97. The average molecular weight is 316 g/mol. The van der Waals surface area contributed by atoms with Gasteiger partial charge in [-0.2, -0.15) is 0 Å². The Balaban J connectivity index is 2.02. The third-order valence-electron chi connectivity index (χ3n) is 3.22. The highest BCUT2D eigenvalue weighted by molar-refractivity contribution is 7.18. The molecule has 0 amide bonds. The molecule has 0 fully saturated rings.